The number of aryl methyl sites for hydroxylation is 1. The van der Waals surface area contributed by atoms with E-state index in [1.807, 2.05) is 6.92 Å². The van der Waals surface area contributed by atoms with Gasteiger partial charge in [0.2, 0.25) is 0 Å². The van der Waals surface area contributed by atoms with Crippen LogP contribution in [0.15, 0.2) is 0 Å². The highest BCUT2D eigenvalue weighted by Gasteiger charge is 2.21. The number of methoxy groups -OCH3 is 1. The largest absolute Gasteiger partial charge is 0.380 e. The fourth-order valence-corrected chi connectivity index (χ4v) is 2.13. The Balaban J connectivity index is 2.13. The van der Waals surface area contributed by atoms with Crippen LogP contribution in [0.25, 0.3) is 0 Å². The van der Waals surface area contributed by atoms with Crippen LogP contribution in [0.4, 0.5) is 5.82 Å². The summed E-state index contributed by atoms with van der Waals surface area (Å²) in [5, 5.41) is 7.39. The second-order valence-corrected chi connectivity index (χ2v) is 4.41. The molecule has 1 saturated heterocycles. The molecule has 0 bridgehead atoms. The number of H-pyrrole nitrogens is 1. The highest BCUT2D eigenvalue weighted by molar-refractivity contribution is 5.49. The van der Waals surface area contributed by atoms with Crippen molar-refractivity contribution in [3.63, 3.8) is 0 Å². The van der Waals surface area contributed by atoms with Crippen LogP contribution in [0.1, 0.15) is 24.1 Å². The van der Waals surface area contributed by atoms with E-state index in [-0.39, 0.29) is 0 Å². The maximum Gasteiger partial charge on any atom is 0.156 e. The zero-order valence-electron chi connectivity index (χ0n) is 9.99. The van der Waals surface area contributed by atoms with Gasteiger partial charge in [-0.3, -0.25) is 5.10 Å². The molecule has 0 aliphatic carbocycles. The topological polar surface area (TPSA) is 67.2 Å². The third-order valence-electron chi connectivity index (χ3n) is 3.18. The first kappa shape index (κ1) is 11.4. The molecular weight excluding hydrogens is 204 g/mol. The van der Waals surface area contributed by atoms with E-state index >= 15 is 0 Å². The third kappa shape index (κ3) is 2.20. The van der Waals surface area contributed by atoms with Crippen LogP contribution < -0.4 is 10.6 Å². The number of ether oxygens (including phenoxy) is 1. The molecule has 2 rings (SSSR count). The van der Waals surface area contributed by atoms with E-state index in [0.717, 1.165) is 43.0 Å². The van der Waals surface area contributed by atoms with Gasteiger partial charge in [-0.25, -0.2) is 0 Å². The van der Waals surface area contributed by atoms with E-state index in [1.54, 1.807) is 7.11 Å². The number of anilines is 1. The molecule has 1 aliphatic heterocycles. The number of rotatable bonds is 3. The lowest BCUT2D eigenvalue weighted by Gasteiger charge is -2.30. The van der Waals surface area contributed by atoms with Crippen LogP contribution in [0.3, 0.4) is 0 Å². The molecule has 1 aliphatic rings. The molecule has 1 fully saturated rings. The molecule has 5 nitrogen and oxygen atoms in total. The average Bonchev–Trinajstić information content (AvgIpc) is 2.63. The van der Waals surface area contributed by atoms with Gasteiger partial charge in [0.05, 0.1) is 6.61 Å². The van der Waals surface area contributed by atoms with Crippen LogP contribution in [0, 0.1) is 6.92 Å². The molecule has 0 spiro atoms. The Bertz CT molecular complexity index is 342. The van der Waals surface area contributed by atoms with Gasteiger partial charge in [-0.2, -0.15) is 5.10 Å². The average molecular weight is 224 g/mol. The number of hydrogen-bond acceptors (Lipinski definition) is 4. The van der Waals surface area contributed by atoms with Crippen LogP contribution in [0.5, 0.6) is 0 Å². The van der Waals surface area contributed by atoms with Crippen molar-refractivity contribution in [2.75, 3.05) is 25.1 Å². The molecule has 0 unspecified atom stereocenters. The summed E-state index contributed by atoms with van der Waals surface area (Å²) < 4.78 is 5.21. The molecule has 0 atom stereocenters. The van der Waals surface area contributed by atoms with E-state index in [4.69, 9.17) is 10.5 Å². The first-order valence-corrected chi connectivity index (χ1v) is 5.75. The predicted molar refractivity (Wildman–Crippen MR) is 63.5 cm³/mol. The lowest BCUT2D eigenvalue weighted by Crippen LogP contribution is -2.40. The predicted octanol–water partition coefficient (Wildman–Crippen LogP) is 0.792. The summed E-state index contributed by atoms with van der Waals surface area (Å²) in [5.41, 5.74) is 8.15. The molecule has 2 heterocycles. The van der Waals surface area contributed by atoms with Crippen molar-refractivity contribution >= 4 is 5.82 Å². The Kier molecular flexibility index (Phi) is 3.46. The Hall–Kier alpha value is -1.07. The number of nitrogens with zero attached hydrogens (tertiary/aromatic N) is 2. The van der Waals surface area contributed by atoms with E-state index in [0.29, 0.717) is 12.6 Å². The molecule has 90 valence electrons. The quantitative estimate of drug-likeness (QED) is 0.796. The van der Waals surface area contributed by atoms with E-state index in [9.17, 15) is 0 Å². The smallest absolute Gasteiger partial charge is 0.156 e. The Morgan fingerprint density at radius 2 is 2.19 bits per heavy atom. The number of nitrogens with one attached hydrogen (secondary N) is 1. The number of piperidine rings is 1. The zero-order valence-corrected chi connectivity index (χ0v) is 9.99. The summed E-state index contributed by atoms with van der Waals surface area (Å²) in [6, 6.07) is 0.349. The van der Waals surface area contributed by atoms with Crippen molar-refractivity contribution < 1.29 is 4.74 Å². The number of nitrogens with two attached hydrogens (primary N) is 1. The van der Waals surface area contributed by atoms with Gasteiger partial charge in [0.1, 0.15) is 0 Å². The van der Waals surface area contributed by atoms with Crippen molar-refractivity contribution in [3.8, 4) is 0 Å². The van der Waals surface area contributed by atoms with Gasteiger partial charge in [-0.15, -0.1) is 0 Å². The van der Waals surface area contributed by atoms with Gasteiger partial charge in [-0.05, 0) is 19.8 Å². The Labute approximate surface area is 96.0 Å². The van der Waals surface area contributed by atoms with Crippen molar-refractivity contribution in [2.24, 2.45) is 5.73 Å². The van der Waals surface area contributed by atoms with Gasteiger partial charge >= 0.3 is 0 Å². The maximum atomic E-state index is 5.90. The van der Waals surface area contributed by atoms with Gasteiger partial charge in [0.25, 0.3) is 0 Å². The highest BCUT2D eigenvalue weighted by Crippen LogP contribution is 2.24. The molecular formula is C11H20N4O. The molecule has 16 heavy (non-hydrogen) atoms. The summed E-state index contributed by atoms with van der Waals surface area (Å²) in [6.45, 7) is 4.62. The molecule has 0 amide bonds. The summed E-state index contributed by atoms with van der Waals surface area (Å²) in [7, 11) is 1.71. The molecule has 1 aromatic heterocycles. The number of aromatic nitrogens is 2. The van der Waals surface area contributed by atoms with Crippen LogP contribution in [0.2, 0.25) is 0 Å². The van der Waals surface area contributed by atoms with Crippen LogP contribution in [-0.4, -0.2) is 36.4 Å². The third-order valence-corrected chi connectivity index (χ3v) is 3.18. The molecule has 1 aromatic rings. The maximum absolute atomic E-state index is 5.90. The van der Waals surface area contributed by atoms with Gasteiger partial charge in [-0.1, -0.05) is 0 Å². The van der Waals surface area contributed by atoms with E-state index in [1.165, 1.54) is 0 Å². The highest BCUT2D eigenvalue weighted by atomic mass is 16.5. The standard InChI is InChI=1S/C11H20N4O/c1-8-10(7-16-2)11(14-13-8)15-5-3-9(12)4-6-15/h9H,3-7,12H2,1-2H3,(H,13,14). The van der Waals surface area contributed by atoms with E-state index < -0.39 is 0 Å². The minimum Gasteiger partial charge on any atom is -0.380 e. The van der Waals surface area contributed by atoms with E-state index in [2.05, 4.69) is 15.1 Å². The molecule has 5 heteroatoms. The summed E-state index contributed by atoms with van der Waals surface area (Å²) >= 11 is 0. The number of aromatic amines is 1. The SMILES string of the molecule is COCc1c(N2CCC(N)CC2)n[nH]c1C. The monoisotopic (exact) mass is 224 g/mol. The van der Waals surface area contributed by atoms with Gasteiger partial charge in [0, 0.05) is 37.5 Å². The first-order chi connectivity index (χ1) is 7.72. The lowest BCUT2D eigenvalue weighted by atomic mass is 10.1. The Morgan fingerprint density at radius 3 is 2.81 bits per heavy atom. The van der Waals surface area contributed by atoms with Crippen molar-refractivity contribution in [1.82, 2.24) is 10.2 Å². The van der Waals surface area contributed by atoms with Gasteiger partial charge in [0.15, 0.2) is 5.82 Å². The minimum absolute atomic E-state index is 0.349. The van der Waals surface area contributed by atoms with Crippen molar-refractivity contribution in [1.29, 1.82) is 0 Å². The second kappa shape index (κ2) is 4.84. The molecule has 0 aromatic carbocycles. The van der Waals surface area contributed by atoms with Crippen LogP contribution in [-0.2, 0) is 11.3 Å². The lowest BCUT2D eigenvalue weighted by molar-refractivity contribution is 0.184. The fourth-order valence-electron chi connectivity index (χ4n) is 2.13. The van der Waals surface area contributed by atoms with Gasteiger partial charge < -0.3 is 15.4 Å². The van der Waals surface area contributed by atoms with Crippen molar-refractivity contribution in [3.05, 3.63) is 11.3 Å². The van der Waals surface area contributed by atoms with Crippen molar-refractivity contribution in [2.45, 2.75) is 32.4 Å². The molecule has 3 N–H and O–H groups in total. The number of hydrogen-bond donors (Lipinski definition) is 2. The zero-order chi connectivity index (χ0) is 11.5. The Morgan fingerprint density at radius 1 is 1.50 bits per heavy atom. The summed E-state index contributed by atoms with van der Waals surface area (Å²) in [4.78, 5) is 2.29. The summed E-state index contributed by atoms with van der Waals surface area (Å²) in [5.74, 6) is 1.03. The molecule has 0 radical (unpaired) electrons. The molecule has 0 saturated carbocycles. The summed E-state index contributed by atoms with van der Waals surface area (Å²) in [6.07, 6.45) is 2.08. The minimum atomic E-state index is 0.349. The second-order valence-electron chi connectivity index (χ2n) is 4.41. The fraction of sp³-hybridized carbons (Fsp3) is 0.727. The normalized spacial score (nSPS) is 18.1. The first-order valence-electron chi connectivity index (χ1n) is 5.75. The van der Waals surface area contributed by atoms with Crippen LogP contribution >= 0.6 is 0 Å².